The Bertz CT molecular complexity index is 850. The van der Waals surface area contributed by atoms with Crippen molar-refractivity contribution in [3.63, 3.8) is 0 Å². The number of nitrogens with one attached hydrogen (secondary N) is 1. The minimum Gasteiger partial charge on any atom is -0.349 e. The second-order valence-corrected chi connectivity index (χ2v) is 4.89. The molecule has 0 aliphatic rings. The summed E-state index contributed by atoms with van der Waals surface area (Å²) >= 11 is 12.1. The molecule has 0 bridgehead atoms. The number of hydrogen-bond acceptors (Lipinski definition) is 6. The van der Waals surface area contributed by atoms with Crippen molar-refractivity contribution < 1.29 is 9.55 Å². The number of para-hydroxylation sites is 1. The van der Waals surface area contributed by atoms with Gasteiger partial charge in [-0.15, -0.1) is 0 Å². The summed E-state index contributed by atoms with van der Waals surface area (Å²) in [5.74, 6) is 0. The van der Waals surface area contributed by atoms with E-state index in [1.54, 1.807) is 24.3 Å². The molecule has 3 rings (SSSR count). The fourth-order valence-corrected chi connectivity index (χ4v) is 2.30. The lowest BCUT2D eigenvalue weighted by atomic mass is 10.2. The van der Waals surface area contributed by atoms with E-state index in [0.717, 1.165) is 0 Å². The van der Waals surface area contributed by atoms with Crippen LogP contribution < -0.4 is 5.32 Å². The fourth-order valence-electron chi connectivity index (χ4n) is 1.88. The molecule has 1 heterocycles. The lowest BCUT2D eigenvalue weighted by molar-refractivity contribution is -0.382. The Hall–Kier alpha value is -2.38. The summed E-state index contributed by atoms with van der Waals surface area (Å²) in [6.45, 7) is 0. The van der Waals surface area contributed by atoms with Gasteiger partial charge >= 0.3 is 5.69 Å². The van der Waals surface area contributed by atoms with E-state index < -0.39 is 4.92 Å². The van der Waals surface area contributed by atoms with Crippen molar-refractivity contribution in [2.75, 3.05) is 5.32 Å². The molecule has 0 spiro atoms. The highest BCUT2D eigenvalue weighted by Gasteiger charge is 2.25. The van der Waals surface area contributed by atoms with Gasteiger partial charge in [-0.2, -0.15) is 0 Å². The third-order valence-corrected chi connectivity index (χ3v) is 3.41. The Labute approximate surface area is 127 Å². The number of hydrogen-bond donors (Lipinski definition) is 1. The van der Waals surface area contributed by atoms with Crippen molar-refractivity contribution in [3.8, 4) is 0 Å². The highest BCUT2D eigenvalue weighted by molar-refractivity contribution is 6.36. The standard InChI is InChI=1S/C12H6Cl2N4O3/c13-6-3-1-2-4-8(6)15-9-5-7(14)10-11(17-21-16-10)12(9)18(19)20/h1-5,15H. The van der Waals surface area contributed by atoms with E-state index in [2.05, 4.69) is 20.3 Å². The average molecular weight is 325 g/mol. The lowest BCUT2D eigenvalue weighted by Crippen LogP contribution is -1.99. The third-order valence-electron chi connectivity index (χ3n) is 2.79. The zero-order valence-electron chi connectivity index (χ0n) is 10.2. The molecule has 0 unspecified atom stereocenters. The van der Waals surface area contributed by atoms with Crippen molar-refractivity contribution in [3.05, 3.63) is 50.5 Å². The molecule has 0 saturated heterocycles. The molecule has 0 saturated carbocycles. The molecule has 0 amide bonds. The van der Waals surface area contributed by atoms with E-state index in [1.807, 2.05) is 0 Å². The molecule has 0 radical (unpaired) electrons. The van der Waals surface area contributed by atoms with Crippen molar-refractivity contribution >= 4 is 51.3 Å². The maximum Gasteiger partial charge on any atom is 0.324 e. The molecule has 1 N–H and O–H groups in total. The maximum atomic E-state index is 11.3. The van der Waals surface area contributed by atoms with Crippen molar-refractivity contribution in [1.82, 2.24) is 10.3 Å². The van der Waals surface area contributed by atoms with Gasteiger partial charge in [0.2, 0.25) is 5.52 Å². The van der Waals surface area contributed by atoms with E-state index in [4.69, 9.17) is 23.2 Å². The zero-order valence-corrected chi connectivity index (χ0v) is 11.7. The van der Waals surface area contributed by atoms with Gasteiger partial charge in [0.1, 0.15) is 5.69 Å². The van der Waals surface area contributed by atoms with Crippen LogP contribution in [0.3, 0.4) is 0 Å². The predicted molar refractivity (Wildman–Crippen MR) is 78.2 cm³/mol. The molecule has 3 aromatic rings. The van der Waals surface area contributed by atoms with Gasteiger partial charge in [-0.05, 0) is 28.5 Å². The van der Waals surface area contributed by atoms with E-state index in [0.29, 0.717) is 10.7 Å². The first-order chi connectivity index (χ1) is 10.1. The Balaban J connectivity index is 2.20. The van der Waals surface area contributed by atoms with Crippen LogP contribution in [-0.4, -0.2) is 15.2 Å². The molecular formula is C12H6Cl2N4O3. The number of aromatic nitrogens is 2. The molecule has 0 fully saturated rings. The van der Waals surface area contributed by atoms with Crippen LogP contribution in [0, 0.1) is 10.1 Å². The first kappa shape index (κ1) is 13.6. The van der Waals surface area contributed by atoms with Gasteiger partial charge in [-0.25, -0.2) is 4.63 Å². The monoisotopic (exact) mass is 324 g/mol. The molecular weight excluding hydrogens is 319 g/mol. The van der Waals surface area contributed by atoms with E-state index >= 15 is 0 Å². The molecule has 9 heteroatoms. The quantitative estimate of drug-likeness (QED) is 0.573. The Kier molecular flexibility index (Phi) is 3.36. The number of halogens is 2. The SMILES string of the molecule is O=[N+]([O-])c1c(Nc2ccccc2Cl)cc(Cl)c2nonc12. The number of nitro benzene ring substituents is 1. The number of benzene rings is 2. The summed E-state index contributed by atoms with van der Waals surface area (Å²) in [5, 5.41) is 21.9. The second-order valence-electron chi connectivity index (χ2n) is 4.08. The number of fused-ring (bicyclic) bond motifs is 1. The molecule has 0 aliphatic heterocycles. The van der Waals surface area contributed by atoms with Gasteiger partial charge in [0, 0.05) is 0 Å². The summed E-state index contributed by atoms with van der Waals surface area (Å²) in [5.41, 5.74) is 0.487. The summed E-state index contributed by atoms with van der Waals surface area (Å²) in [7, 11) is 0. The topological polar surface area (TPSA) is 94.1 Å². The number of nitro groups is 1. The largest absolute Gasteiger partial charge is 0.349 e. The normalized spacial score (nSPS) is 10.8. The molecule has 1 aromatic heterocycles. The van der Waals surface area contributed by atoms with Crippen LogP contribution in [-0.2, 0) is 0 Å². The molecule has 106 valence electrons. The van der Waals surface area contributed by atoms with E-state index in [-0.39, 0.29) is 27.4 Å². The van der Waals surface area contributed by atoms with Crippen LogP contribution in [0.4, 0.5) is 17.1 Å². The third kappa shape index (κ3) is 2.37. The minimum absolute atomic E-state index is 0.0259. The molecule has 21 heavy (non-hydrogen) atoms. The molecule has 7 nitrogen and oxygen atoms in total. The van der Waals surface area contributed by atoms with Crippen molar-refractivity contribution in [2.45, 2.75) is 0 Å². The van der Waals surface area contributed by atoms with Gasteiger partial charge in [0.25, 0.3) is 0 Å². The predicted octanol–water partition coefficient (Wildman–Crippen LogP) is 4.18. The zero-order chi connectivity index (χ0) is 15.0. The van der Waals surface area contributed by atoms with Crippen LogP contribution in [0.5, 0.6) is 0 Å². The Morgan fingerprint density at radius 2 is 1.81 bits per heavy atom. The van der Waals surface area contributed by atoms with Crippen molar-refractivity contribution in [1.29, 1.82) is 0 Å². The van der Waals surface area contributed by atoms with Crippen LogP contribution in [0.1, 0.15) is 0 Å². The molecule has 0 atom stereocenters. The summed E-state index contributed by atoms with van der Waals surface area (Å²) < 4.78 is 4.52. The number of rotatable bonds is 3. The van der Waals surface area contributed by atoms with Crippen LogP contribution in [0.2, 0.25) is 10.0 Å². The number of nitrogens with zero attached hydrogens (tertiary/aromatic N) is 3. The van der Waals surface area contributed by atoms with Crippen molar-refractivity contribution in [2.24, 2.45) is 0 Å². The van der Waals surface area contributed by atoms with E-state index in [9.17, 15) is 10.1 Å². The summed E-state index contributed by atoms with van der Waals surface area (Å²) in [4.78, 5) is 10.7. The Morgan fingerprint density at radius 3 is 2.52 bits per heavy atom. The van der Waals surface area contributed by atoms with Gasteiger partial charge in [-0.1, -0.05) is 35.3 Å². The fraction of sp³-hybridized carbons (Fsp3) is 0. The van der Waals surface area contributed by atoms with Gasteiger partial charge in [-0.3, -0.25) is 10.1 Å². The highest BCUT2D eigenvalue weighted by Crippen LogP contribution is 2.38. The molecule has 0 aliphatic carbocycles. The maximum absolute atomic E-state index is 11.3. The minimum atomic E-state index is -0.581. The van der Waals surface area contributed by atoms with Crippen LogP contribution in [0.25, 0.3) is 11.0 Å². The van der Waals surface area contributed by atoms with Gasteiger partial charge in [0.15, 0.2) is 5.52 Å². The van der Waals surface area contributed by atoms with E-state index in [1.165, 1.54) is 6.07 Å². The van der Waals surface area contributed by atoms with Crippen LogP contribution in [0.15, 0.2) is 35.0 Å². The van der Waals surface area contributed by atoms with Gasteiger partial charge in [0.05, 0.1) is 20.7 Å². The second kappa shape index (κ2) is 5.19. The van der Waals surface area contributed by atoms with Crippen LogP contribution >= 0.6 is 23.2 Å². The summed E-state index contributed by atoms with van der Waals surface area (Å²) in [6, 6.07) is 8.23. The smallest absolute Gasteiger partial charge is 0.324 e. The summed E-state index contributed by atoms with van der Waals surface area (Å²) in [6.07, 6.45) is 0. The number of anilines is 2. The highest BCUT2D eigenvalue weighted by atomic mass is 35.5. The van der Waals surface area contributed by atoms with Gasteiger partial charge < -0.3 is 5.32 Å². The average Bonchev–Trinajstić information content (AvgIpc) is 2.90. The first-order valence-electron chi connectivity index (χ1n) is 5.68. The lowest BCUT2D eigenvalue weighted by Gasteiger charge is -2.09. The molecule has 2 aromatic carbocycles. The first-order valence-corrected chi connectivity index (χ1v) is 6.44. The Morgan fingerprint density at radius 1 is 1.10 bits per heavy atom.